The van der Waals surface area contributed by atoms with Crippen molar-refractivity contribution in [3.63, 3.8) is 0 Å². The van der Waals surface area contributed by atoms with Crippen molar-refractivity contribution in [3.8, 4) is 11.5 Å². The molecule has 0 aliphatic heterocycles. The van der Waals surface area contributed by atoms with Crippen LogP contribution in [-0.2, 0) is 9.59 Å². The van der Waals surface area contributed by atoms with Gasteiger partial charge in [0.05, 0.1) is 13.3 Å². The zero-order valence-electron chi connectivity index (χ0n) is 15.7. The lowest BCUT2D eigenvalue weighted by atomic mass is 10.1. The maximum atomic E-state index is 12.0. The molecule has 0 aromatic heterocycles. The first-order valence-corrected chi connectivity index (χ1v) is 9.19. The molecule has 0 unspecified atom stereocenters. The number of hydrazone groups is 1. The van der Waals surface area contributed by atoms with Crippen molar-refractivity contribution >= 4 is 18.0 Å². The van der Waals surface area contributed by atoms with E-state index >= 15 is 0 Å². The average Bonchev–Trinajstić information content (AvgIpc) is 2.95. The Morgan fingerprint density at radius 2 is 1.93 bits per heavy atom. The van der Waals surface area contributed by atoms with E-state index in [4.69, 9.17) is 9.47 Å². The second-order valence-electron chi connectivity index (χ2n) is 6.37. The zero-order chi connectivity index (χ0) is 19.5. The van der Waals surface area contributed by atoms with Crippen molar-refractivity contribution in [1.29, 1.82) is 0 Å². The molecule has 0 saturated heterocycles. The predicted octanol–water partition coefficient (Wildman–Crippen LogP) is 2.55. The Morgan fingerprint density at radius 3 is 2.59 bits per heavy atom. The quantitative estimate of drug-likeness (QED) is 0.253. The van der Waals surface area contributed by atoms with Crippen LogP contribution in [0.1, 0.15) is 44.1 Å². The Hall–Kier alpha value is -2.83. The third-order valence-corrected chi connectivity index (χ3v) is 4.32. The first-order valence-electron chi connectivity index (χ1n) is 9.19. The van der Waals surface area contributed by atoms with E-state index in [-0.39, 0.29) is 6.04 Å². The minimum Gasteiger partial charge on any atom is -0.493 e. The third-order valence-electron chi connectivity index (χ3n) is 4.32. The number of nitrogens with zero attached hydrogens (tertiary/aromatic N) is 1. The molecule has 1 aliphatic rings. The fraction of sp³-hybridized carbons (Fsp3) is 0.450. The second kappa shape index (κ2) is 11.0. The van der Waals surface area contributed by atoms with Gasteiger partial charge in [0.1, 0.15) is 6.61 Å². The van der Waals surface area contributed by atoms with Gasteiger partial charge in [0, 0.05) is 6.04 Å². The SMILES string of the molecule is C=CCOc1ccc(/C=N\NC(=O)C(=O)NC2CCCCCC2)cc1OC. The summed E-state index contributed by atoms with van der Waals surface area (Å²) >= 11 is 0. The molecular formula is C20H27N3O4. The van der Waals surface area contributed by atoms with Gasteiger partial charge in [-0.2, -0.15) is 5.10 Å². The highest BCUT2D eigenvalue weighted by Gasteiger charge is 2.19. The monoisotopic (exact) mass is 373 g/mol. The Labute approximate surface area is 159 Å². The molecule has 7 nitrogen and oxygen atoms in total. The third kappa shape index (κ3) is 6.77. The largest absolute Gasteiger partial charge is 0.493 e. The van der Waals surface area contributed by atoms with Gasteiger partial charge in [-0.15, -0.1) is 0 Å². The summed E-state index contributed by atoms with van der Waals surface area (Å²) in [7, 11) is 1.54. The second-order valence-corrected chi connectivity index (χ2v) is 6.37. The molecule has 2 N–H and O–H groups in total. The van der Waals surface area contributed by atoms with Crippen molar-refractivity contribution in [2.75, 3.05) is 13.7 Å². The Kier molecular flexibility index (Phi) is 8.35. The lowest BCUT2D eigenvalue weighted by Gasteiger charge is -2.15. The molecule has 7 heteroatoms. The summed E-state index contributed by atoms with van der Waals surface area (Å²) in [6, 6.07) is 5.30. The van der Waals surface area contributed by atoms with Gasteiger partial charge in [-0.1, -0.05) is 38.3 Å². The van der Waals surface area contributed by atoms with Crippen LogP contribution in [0, 0.1) is 0 Å². The number of hydrogen-bond donors (Lipinski definition) is 2. The van der Waals surface area contributed by atoms with E-state index in [1.54, 1.807) is 24.3 Å². The van der Waals surface area contributed by atoms with Crippen LogP contribution in [0.4, 0.5) is 0 Å². The van der Waals surface area contributed by atoms with Crippen LogP contribution in [0.5, 0.6) is 11.5 Å². The van der Waals surface area contributed by atoms with Gasteiger partial charge in [0.15, 0.2) is 11.5 Å². The molecule has 0 heterocycles. The van der Waals surface area contributed by atoms with Crippen molar-refractivity contribution in [3.05, 3.63) is 36.4 Å². The van der Waals surface area contributed by atoms with Crippen LogP contribution in [0.15, 0.2) is 36.0 Å². The van der Waals surface area contributed by atoms with Gasteiger partial charge < -0.3 is 14.8 Å². The molecule has 1 aromatic carbocycles. The molecule has 1 saturated carbocycles. The van der Waals surface area contributed by atoms with E-state index in [1.165, 1.54) is 26.2 Å². The average molecular weight is 373 g/mol. The summed E-state index contributed by atoms with van der Waals surface area (Å²) in [4.78, 5) is 23.9. The van der Waals surface area contributed by atoms with Crippen molar-refractivity contribution in [2.45, 2.75) is 44.6 Å². The van der Waals surface area contributed by atoms with Crippen LogP contribution in [0.25, 0.3) is 0 Å². The smallest absolute Gasteiger partial charge is 0.329 e. The number of ether oxygens (including phenoxy) is 2. The van der Waals surface area contributed by atoms with E-state index in [0.29, 0.717) is 23.7 Å². The zero-order valence-corrected chi connectivity index (χ0v) is 15.7. The van der Waals surface area contributed by atoms with Crippen LogP contribution in [0.3, 0.4) is 0 Å². The number of amides is 2. The highest BCUT2D eigenvalue weighted by molar-refractivity contribution is 6.35. The predicted molar refractivity (Wildman–Crippen MR) is 104 cm³/mol. The van der Waals surface area contributed by atoms with Crippen LogP contribution >= 0.6 is 0 Å². The molecule has 146 valence electrons. The van der Waals surface area contributed by atoms with Crippen LogP contribution in [0.2, 0.25) is 0 Å². The summed E-state index contributed by atoms with van der Waals surface area (Å²) in [6.07, 6.45) is 9.46. The molecule has 2 rings (SSSR count). The maximum absolute atomic E-state index is 12.0. The number of carbonyl (C=O) groups excluding carboxylic acids is 2. The molecule has 0 bridgehead atoms. The molecule has 1 aliphatic carbocycles. The van der Waals surface area contributed by atoms with E-state index in [9.17, 15) is 9.59 Å². The highest BCUT2D eigenvalue weighted by Crippen LogP contribution is 2.27. The summed E-state index contributed by atoms with van der Waals surface area (Å²) in [5, 5.41) is 6.63. The van der Waals surface area contributed by atoms with E-state index in [1.807, 2.05) is 0 Å². The standard InChI is InChI=1S/C20H27N3O4/c1-3-12-27-17-11-10-15(13-18(17)26-2)14-21-23-20(25)19(24)22-16-8-6-4-5-7-9-16/h3,10-11,13-14,16H,1,4-9,12H2,2H3,(H,22,24)(H,23,25)/b21-14-. The molecule has 27 heavy (non-hydrogen) atoms. The molecule has 0 atom stereocenters. The Balaban J connectivity index is 1.87. The fourth-order valence-electron chi connectivity index (χ4n) is 2.92. The number of carbonyl (C=O) groups is 2. The lowest BCUT2D eigenvalue weighted by molar-refractivity contribution is -0.139. The summed E-state index contributed by atoms with van der Waals surface area (Å²) < 4.78 is 10.7. The number of methoxy groups -OCH3 is 1. The first-order chi connectivity index (χ1) is 13.1. The minimum atomic E-state index is -0.770. The topological polar surface area (TPSA) is 89.0 Å². The number of benzene rings is 1. The van der Waals surface area contributed by atoms with Gasteiger partial charge in [-0.25, -0.2) is 5.43 Å². The van der Waals surface area contributed by atoms with Crippen LogP contribution in [-0.4, -0.2) is 37.8 Å². The van der Waals surface area contributed by atoms with Gasteiger partial charge in [-0.3, -0.25) is 9.59 Å². The number of hydrogen-bond acceptors (Lipinski definition) is 5. The van der Waals surface area contributed by atoms with Crippen molar-refractivity contribution < 1.29 is 19.1 Å². The maximum Gasteiger partial charge on any atom is 0.329 e. The van der Waals surface area contributed by atoms with Crippen LogP contribution < -0.4 is 20.2 Å². The number of rotatable bonds is 7. The first kappa shape index (κ1) is 20.5. The fourth-order valence-corrected chi connectivity index (χ4v) is 2.92. The molecule has 1 aromatic rings. The molecule has 1 fully saturated rings. The summed E-state index contributed by atoms with van der Waals surface area (Å²) in [6.45, 7) is 3.97. The van der Waals surface area contributed by atoms with Gasteiger partial charge in [0.2, 0.25) is 0 Å². The Morgan fingerprint density at radius 1 is 1.19 bits per heavy atom. The van der Waals surface area contributed by atoms with Gasteiger partial charge >= 0.3 is 11.8 Å². The summed E-state index contributed by atoms with van der Waals surface area (Å²) in [5.74, 6) is -0.294. The van der Waals surface area contributed by atoms with E-state index < -0.39 is 11.8 Å². The van der Waals surface area contributed by atoms with E-state index in [2.05, 4.69) is 22.4 Å². The highest BCUT2D eigenvalue weighted by atomic mass is 16.5. The molecule has 2 amide bonds. The molecule has 0 radical (unpaired) electrons. The van der Waals surface area contributed by atoms with Crippen molar-refractivity contribution in [1.82, 2.24) is 10.7 Å². The summed E-state index contributed by atoms with van der Waals surface area (Å²) in [5.41, 5.74) is 2.95. The molecular weight excluding hydrogens is 346 g/mol. The number of nitrogens with one attached hydrogen (secondary N) is 2. The van der Waals surface area contributed by atoms with Gasteiger partial charge in [0.25, 0.3) is 0 Å². The van der Waals surface area contributed by atoms with Crippen molar-refractivity contribution in [2.24, 2.45) is 5.10 Å². The lowest BCUT2D eigenvalue weighted by Crippen LogP contribution is -2.43. The Bertz CT molecular complexity index is 680. The normalized spacial score (nSPS) is 15.0. The minimum absolute atomic E-state index is 0.0714. The van der Waals surface area contributed by atoms with E-state index in [0.717, 1.165) is 25.7 Å². The van der Waals surface area contributed by atoms with Gasteiger partial charge in [-0.05, 0) is 36.6 Å². The molecule has 0 spiro atoms.